The van der Waals surface area contributed by atoms with Crippen molar-refractivity contribution in [3.05, 3.63) is 59.4 Å². The number of likely N-dealkylation sites (N-methyl/N-ethyl adjacent to an activating group) is 1. The summed E-state index contributed by atoms with van der Waals surface area (Å²) in [5.41, 5.74) is 1.83. The molecule has 2 amide bonds. The third kappa shape index (κ3) is 5.79. The Balaban J connectivity index is 1.98. The fourth-order valence-electron chi connectivity index (χ4n) is 2.74. The molecule has 3 N–H and O–H groups in total. The zero-order valence-electron chi connectivity index (χ0n) is 15.8. The fourth-order valence-corrected chi connectivity index (χ4v) is 2.74. The van der Waals surface area contributed by atoms with Crippen LogP contribution >= 0.6 is 0 Å². The Hall–Kier alpha value is -2.93. The molecule has 2 aromatic carbocycles. The van der Waals surface area contributed by atoms with Crippen LogP contribution in [0.1, 0.15) is 22.8 Å². The molecular formula is C20H25FN3O3+. The number of halogens is 1. The molecule has 0 aromatic heterocycles. The molecule has 0 radical (unpaired) electrons. The van der Waals surface area contributed by atoms with Gasteiger partial charge in [0.05, 0.1) is 13.7 Å². The van der Waals surface area contributed by atoms with Crippen LogP contribution in [-0.2, 0) is 11.3 Å². The average Bonchev–Trinajstić information content (AvgIpc) is 2.67. The minimum atomic E-state index is -0.416. The van der Waals surface area contributed by atoms with Gasteiger partial charge in [0, 0.05) is 23.9 Å². The Morgan fingerprint density at radius 2 is 1.96 bits per heavy atom. The van der Waals surface area contributed by atoms with Crippen LogP contribution in [0, 0.1) is 5.82 Å². The van der Waals surface area contributed by atoms with Gasteiger partial charge in [-0.05, 0) is 43.3 Å². The van der Waals surface area contributed by atoms with Crippen LogP contribution < -0.4 is 20.3 Å². The van der Waals surface area contributed by atoms with E-state index in [1.807, 2.05) is 6.92 Å². The van der Waals surface area contributed by atoms with E-state index in [0.29, 0.717) is 24.3 Å². The lowest BCUT2D eigenvalue weighted by atomic mass is 10.2. The molecule has 0 fully saturated rings. The number of anilines is 1. The highest BCUT2D eigenvalue weighted by Gasteiger charge is 2.15. The first kappa shape index (κ1) is 20.4. The monoisotopic (exact) mass is 374 g/mol. The van der Waals surface area contributed by atoms with Crippen molar-refractivity contribution in [1.29, 1.82) is 0 Å². The second kappa shape index (κ2) is 9.68. The van der Waals surface area contributed by atoms with E-state index in [0.717, 1.165) is 10.5 Å². The molecule has 1 unspecified atom stereocenters. The lowest BCUT2D eigenvalue weighted by Gasteiger charge is -2.18. The lowest BCUT2D eigenvalue weighted by Crippen LogP contribution is -3.11. The molecule has 0 aliphatic carbocycles. The van der Waals surface area contributed by atoms with E-state index >= 15 is 0 Å². The Labute approximate surface area is 158 Å². The number of amides is 2. The molecule has 0 saturated heterocycles. The molecule has 0 heterocycles. The van der Waals surface area contributed by atoms with Crippen LogP contribution in [-0.4, -0.2) is 39.1 Å². The quantitative estimate of drug-likeness (QED) is 0.651. The molecule has 0 saturated carbocycles. The second-order valence-electron chi connectivity index (χ2n) is 6.13. The van der Waals surface area contributed by atoms with Crippen LogP contribution in [0.2, 0.25) is 0 Å². The van der Waals surface area contributed by atoms with E-state index in [1.54, 1.807) is 43.4 Å². The molecular weight excluding hydrogens is 349 g/mol. The van der Waals surface area contributed by atoms with Crippen molar-refractivity contribution in [2.45, 2.75) is 13.5 Å². The fraction of sp³-hybridized carbons (Fsp3) is 0.300. The second-order valence-corrected chi connectivity index (χ2v) is 6.13. The number of methoxy groups -OCH3 is 1. The molecule has 6 nitrogen and oxygen atoms in total. The maximum Gasteiger partial charge on any atom is 0.279 e. The molecule has 0 aliphatic rings. The van der Waals surface area contributed by atoms with Crippen LogP contribution in [0.5, 0.6) is 5.75 Å². The molecule has 0 aliphatic heterocycles. The van der Waals surface area contributed by atoms with Gasteiger partial charge in [0.15, 0.2) is 18.1 Å². The van der Waals surface area contributed by atoms with E-state index in [1.165, 1.54) is 13.2 Å². The average molecular weight is 374 g/mol. The lowest BCUT2D eigenvalue weighted by molar-refractivity contribution is -0.903. The van der Waals surface area contributed by atoms with Crippen molar-refractivity contribution in [1.82, 2.24) is 5.32 Å². The molecule has 7 heteroatoms. The molecule has 144 valence electrons. The molecule has 0 bridgehead atoms. The van der Waals surface area contributed by atoms with E-state index in [4.69, 9.17) is 4.74 Å². The van der Waals surface area contributed by atoms with Crippen molar-refractivity contribution in [3.8, 4) is 5.75 Å². The maximum atomic E-state index is 13.8. The standard InChI is InChI=1S/C20H24FN3O3/c1-4-24(12-14-8-9-18(27-3)17(21)10-14)13-19(25)23-16-7-5-6-15(11-16)20(26)22-2/h5-11H,4,12-13H2,1-3H3,(H,22,26)(H,23,25)/p+1. The summed E-state index contributed by atoms with van der Waals surface area (Å²) < 4.78 is 18.8. The number of hydrogen-bond acceptors (Lipinski definition) is 3. The van der Waals surface area contributed by atoms with Crippen LogP contribution in [0.3, 0.4) is 0 Å². The van der Waals surface area contributed by atoms with Crippen molar-refractivity contribution < 1.29 is 23.6 Å². The zero-order chi connectivity index (χ0) is 19.8. The van der Waals surface area contributed by atoms with Gasteiger partial charge >= 0.3 is 0 Å². The third-order valence-corrected chi connectivity index (χ3v) is 4.22. The third-order valence-electron chi connectivity index (χ3n) is 4.22. The highest BCUT2D eigenvalue weighted by Crippen LogP contribution is 2.17. The SMILES string of the molecule is CC[NH+](CC(=O)Nc1cccc(C(=O)NC)c1)Cc1ccc(OC)c(F)c1. The predicted molar refractivity (Wildman–Crippen MR) is 101 cm³/mol. The van der Waals surface area contributed by atoms with E-state index < -0.39 is 5.82 Å². The highest BCUT2D eigenvalue weighted by atomic mass is 19.1. The van der Waals surface area contributed by atoms with Crippen molar-refractivity contribution in [2.75, 3.05) is 32.6 Å². The van der Waals surface area contributed by atoms with Crippen LogP contribution in [0.25, 0.3) is 0 Å². The van der Waals surface area contributed by atoms with Gasteiger partial charge < -0.3 is 20.3 Å². The number of carbonyl (C=O) groups is 2. The molecule has 0 spiro atoms. The summed E-state index contributed by atoms with van der Waals surface area (Å²) in [5.74, 6) is -0.602. The van der Waals surface area contributed by atoms with Crippen molar-refractivity contribution in [2.24, 2.45) is 0 Å². The first-order valence-electron chi connectivity index (χ1n) is 8.74. The summed E-state index contributed by atoms with van der Waals surface area (Å²) in [6.45, 7) is 3.42. The van der Waals surface area contributed by atoms with Gasteiger partial charge in [0.25, 0.3) is 11.8 Å². The number of ether oxygens (including phenoxy) is 1. The smallest absolute Gasteiger partial charge is 0.279 e. The van der Waals surface area contributed by atoms with Gasteiger partial charge in [-0.25, -0.2) is 4.39 Å². The van der Waals surface area contributed by atoms with Crippen LogP contribution in [0.15, 0.2) is 42.5 Å². The van der Waals surface area contributed by atoms with Gasteiger partial charge in [-0.15, -0.1) is 0 Å². The molecule has 1 atom stereocenters. The largest absolute Gasteiger partial charge is 0.494 e. The normalized spacial score (nSPS) is 11.6. The number of nitrogens with one attached hydrogen (secondary N) is 3. The number of rotatable bonds is 8. The van der Waals surface area contributed by atoms with E-state index in [9.17, 15) is 14.0 Å². The number of benzene rings is 2. The summed E-state index contributed by atoms with van der Waals surface area (Å²) in [6, 6.07) is 11.6. The molecule has 2 rings (SSSR count). The Bertz CT molecular complexity index is 811. The topological polar surface area (TPSA) is 71.9 Å². The first-order valence-corrected chi connectivity index (χ1v) is 8.74. The molecule has 27 heavy (non-hydrogen) atoms. The van der Waals surface area contributed by atoms with Gasteiger partial charge in [0.2, 0.25) is 0 Å². The van der Waals surface area contributed by atoms with Gasteiger partial charge in [0.1, 0.15) is 6.54 Å². The highest BCUT2D eigenvalue weighted by molar-refractivity contribution is 5.97. The minimum Gasteiger partial charge on any atom is -0.494 e. The van der Waals surface area contributed by atoms with Gasteiger partial charge in [-0.2, -0.15) is 0 Å². The van der Waals surface area contributed by atoms with Crippen molar-refractivity contribution in [3.63, 3.8) is 0 Å². The summed E-state index contributed by atoms with van der Waals surface area (Å²) in [7, 11) is 2.98. The Morgan fingerprint density at radius 3 is 2.59 bits per heavy atom. The minimum absolute atomic E-state index is 0.171. The van der Waals surface area contributed by atoms with Crippen molar-refractivity contribution >= 4 is 17.5 Å². The maximum absolute atomic E-state index is 13.8. The van der Waals surface area contributed by atoms with Gasteiger partial charge in [-0.3, -0.25) is 9.59 Å². The predicted octanol–water partition coefficient (Wildman–Crippen LogP) is 1.24. The Kier molecular flexibility index (Phi) is 7.31. The summed E-state index contributed by atoms with van der Waals surface area (Å²) in [6.07, 6.45) is 0. The summed E-state index contributed by atoms with van der Waals surface area (Å²) in [4.78, 5) is 25.0. The van der Waals surface area contributed by atoms with E-state index in [-0.39, 0.29) is 24.1 Å². The van der Waals surface area contributed by atoms with Gasteiger partial charge in [-0.1, -0.05) is 6.07 Å². The number of hydrogen-bond donors (Lipinski definition) is 3. The summed E-state index contributed by atoms with van der Waals surface area (Å²) in [5, 5.41) is 5.36. The first-order chi connectivity index (χ1) is 13.0. The van der Waals surface area contributed by atoms with E-state index in [2.05, 4.69) is 10.6 Å². The number of quaternary nitrogens is 1. The number of carbonyl (C=O) groups excluding carboxylic acids is 2. The summed E-state index contributed by atoms with van der Waals surface area (Å²) >= 11 is 0. The van der Waals surface area contributed by atoms with Crippen LogP contribution in [0.4, 0.5) is 10.1 Å². The Morgan fingerprint density at radius 1 is 1.19 bits per heavy atom. The molecule has 2 aromatic rings. The zero-order valence-corrected chi connectivity index (χ0v) is 15.8.